The molecule has 0 aliphatic carbocycles. The van der Waals surface area contributed by atoms with E-state index in [0.717, 1.165) is 12.3 Å². The van der Waals surface area contributed by atoms with Gasteiger partial charge in [-0.3, -0.25) is 0 Å². The monoisotopic (exact) mass is 251 g/mol. The molecule has 1 aromatic heterocycles. The fraction of sp³-hybridized carbons (Fsp3) is 0.154. The van der Waals surface area contributed by atoms with Crippen LogP contribution in [0.2, 0.25) is 0 Å². The van der Waals surface area contributed by atoms with E-state index in [-0.39, 0.29) is 17.2 Å². The maximum atomic E-state index is 13.1. The van der Waals surface area contributed by atoms with Crippen molar-refractivity contribution in [2.24, 2.45) is 0 Å². The van der Waals surface area contributed by atoms with Gasteiger partial charge in [-0.05, 0) is 24.6 Å². The summed E-state index contributed by atoms with van der Waals surface area (Å²) in [5, 5.41) is 9.08. The molecule has 18 heavy (non-hydrogen) atoms. The van der Waals surface area contributed by atoms with Gasteiger partial charge in [-0.2, -0.15) is 0 Å². The van der Waals surface area contributed by atoms with Crippen molar-refractivity contribution in [2.45, 2.75) is 13.5 Å². The van der Waals surface area contributed by atoms with Crippen molar-refractivity contribution in [3.05, 3.63) is 53.2 Å². The minimum atomic E-state index is -0.567. The van der Waals surface area contributed by atoms with Crippen LogP contribution in [-0.2, 0) is 6.61 Å². The highest BCUT2D eigenvalue weighted by atomic mass is 19.1. The zero-order valence-electron chi connectivity index (χ0n) is 9.65. The summed E-state index contributed by atoms with van der Waals surface area (Å²) in [6.45, 7) is 1.34. The van der Waals surface area contributed by atoms with Crippen molar-refractivity contribution in [1.29, 1.82) is 0 Å². The number of aliphatic hydroxyl groups excluding tert-OH is 1. The third-order valence-electron chi connectivity index (χ3n) is 2.42. The second kappa shape index (κ2) is 5.10. The Labute approximate surface area is 103 Å². The van der Waals surface area contributed by atoms with Crippen LogP contribution in [0.1, 0.15) is 11.1 Å². The summed E-state index contributed by atoms with van der Waals surface area (Å²) in [5.41, 5.74) is 0.921. The molecule has 1 N–H and O–H groups in total. The molecule has 0 aliphatic rings. The number of pyridine rings is 1. The molecule has 0 amide bonds. The molecule has 1 aromatic carbocycles. The Morgan fingerprint density at radius 2 is 2.00 bits per heavy atom. The lowest BCUT2D eigenvalue weighted by molar-refractivity contribution is 0.274. The largest absolute Gasteiger partial charge is 0.438 e. The van der Waals surface area contributed by atoms with Gasteiger partial charge in [0.15, 0.2) is 0 Å². The summed E-state index contributed by atoms with van der Waals surface area (Å²) in [6.07, 6.45) is 0.975. The smallest absolute Gasteiger partial charge is 0.224 e. The number of ether oxygens (including phenoxy) is 1. The van der Waals surface area contributed by atoms with Gasteiger partial charge in [0.2, 0.25) is 5.88 Å². The minimum absolute atomic E-state index is 0.0626. The highest BCUT2D eigenvalue weighted by molar-refractivity contribution is 5.37. The van der Waals surface area contributed by atoms with Gasteiger partial charge < -0.3 is 9.84 Å². The Morgan fingerprint density at radius 3 is 2.72 bits per heavy atom. The fourth-order valence-corrected chi connectivity index (χ4v) is 1.46. The lowest BCUT2D eigenvalue weighted by Crippen LogP contribution is -1.97. The predicted octanol–water partition coefficient (Wildman–Crippen LogP) is 2.95. The zero-order chi connectivity index (χ0) is 13.1. The summed E-state index contributed by atoms with van der Waals surface area (Å²) in [7, 11) is 0. The second-order valence-electron chi connectivity index (χ2n) is 3.79. The number of hydrogen-bond acceptors (Lipinski definition) is 3. The van der Waals surface area contributed by atoms with E-state index in [0.29, 0.717) is 5.56 Å². The standard InChI is InChI=1S/C13H11F2NO2/c1-8-2-3-10(14)5-12(8)18-13-9(7-17)4-11(15)6-16-13/h2-6,17H,7H2,1H3. The van der Waals surface area contributed by atoms with Gasteiger partial charge in [0, 0.05) is 11.6 Å². The van der Waals surface area contributed by atoms with Crippen LogP contribution < -0.4 is 4.74 Å². The molecule has 0 saturated heterocycles. The molecule has 0 saturated carbocycles. The number of hydrogen-bond donors (Lipinski definition) is 1. The van der Waals surface area contributed by atoms with Crippen LogP contribution in [0.25, 0.3) is 0 Å². The highest BCUT2D eigenvalue weighted by Gasteiger charge is 2.10. The van der Waals surface area contributed by atoms with E-state index >= 15 is 0 Å². The zero-order valence-corrected chi connectivity index (χ0v) is 9.65. The topological polar surface area (TPSA) is 42.4 Å². The van der Waals surface area contributed by atoms with Crippen molar-refractivity contribution in [3.63, 3.8) is 0 Å². The molecule has 0 aliphatic heterocycles. The SMILES string of the molecule is Cc1ccc(F)cc1Oc1ncc(F)cc1CO. The van der Waals surface area contributed by atoms with Crippen LogP contribution in [0.3, 0.4) is 0 Å². The Bertz CT molecular complexity index is 573. The van der Waals surface area contributed by atoms with Crippen LogP contribution in [0.5, 0.6) is 11.6 Å². The first-order valence-corrected chi connectivity index (χ1v) is 5.29. The molecule has 0 bridgehead atoms. The molecule has 5 heteroatoms. The van der Waals surface area contributed by atoms with E-state index in [2.05, 4.69) is 4.98 Å². The lowest BCUT2D eigenvalue weighted by Gasteiger charge is -2.10. The van der Waals surface area contributed by atoms with Crippen molar-refractivity contribution < 1.29 is 18.6 Å². The van der Waals surface area contributed by atoms with Gasteiger partial charge in [-0.25, -0.2) is 13.8 Å². The molecule has 0 atom stereocenters. The van der Waals surface area contributed by atoms with Crippen molar-refractivity contribution in [1.82, 2.24) is 4.98 Å². The van der Waals surface area contributed by atoms with Crippen LogP contribution in [0.15, 0.2) is 30.5 Å². The average Bonchev–Trinajstić information content (AvgIpc) is 2.36. The molecule has 3 nitrogen and oxygen atoms in total. The van der Waals surface area contributed by atoms with Gasteiger partial charge in [0.25, 0.3) is 0 Å². The lowest BCUT2D eigenvalue weighted by atomic mass is 10.2. The number of aromatic nitrogens is 1. The van der Waals surface area contributed by atoms with Crippen LogP contribution in [0, 0.1) is 18.6 Å². The Kier molecular flexibility index (Phi) is 3.53. The van der Waals surface area contributed by atoms with Gasteiger partial charge in [-0.1, -0.05) is 6.07 Å². The molecule has 0 unspecified atom stereocenters. The molecule has 2 rings (SSSR count). The molecule has 0 fully saturated rings. The van der Waals surface area contributed by atoms with Gasteiger partial charge in [0.1, 0.15) is 17.4 Å². The summed E-state index contributed by atoms with van der Waals surface area (Å²) in [6, 6.07) is 5.21. The van der Waals surface area contributed by atoms with Gasteiger partial charge in [0.05, 0.1) is 12.8 Å². The first kappa shape index (κ1) is 12.4. The maximum Gasteiger partial charge on any atom is 0.224 e. The fourth-order valence-electron chi connectivity index (χ4n) is 1.46. The number of aliphatic hydroxyl groups is 1. The number of halogens is 2. The van der Waals surface area contributed by atoms with Crippen LogP contribution >= 0.6 is 0 Å². The van der Waals surface area contributed by atoms with Crippen LogP contribution in [-0.4, -0.2) is 10.1 Å². The highest BCUT2D eigenvalue weighted by Crippen LogP contribution is 2.27. The van der Waals surface area contributed by atoms with Crippen molar-refractivity contribution >= 4 is 0 Å². The minimum Gasteiger partial charge on any atom is -0.438 e. The van der Waals surface area contributed by atoms with Crippen molar-refractivity contribution in [3.8, 4) is 11.6 Å². The van der Waals surface area contributed by atoms with E-state index in [1.807, 2.05) is 0 Å². The molecule has 1 heterocycles. The molecule has 94 valence electrons. The quantitative estimate of drug-likeness (QED) is 0.911. The first-order valence-electron chi connectivity index (χ1n) is 5.29. The summed E-state index contributed by atoms with van der Waals surface area (Å²) >= 11 is 0. The number of benzene rings is 1. The Morgan fingerprint density at radius 1 is 1.22 bits per heavy atom. The third-order valence-corrected chi connectivity index (χ3v) is 2.42. The third kappa shape index (κ3) is 2.62. The van der Waals surface area contributed by atoms with E-state index in [1.165, 1.54) is 12.1 Å². The first-order chi connectivity index (χ1) is 8.60. The summed E-state index contributed by atoms with van der Waals surface area (Å²) in [5.74, 6) is -0.665. The predicted molar refractivity (Wildman–Crippen MR) is 61.3 cm³/mol. The molecule has 0 spiro atoms. The number of nitrogens with zero attached hydrogens (tertiary/aromatic N) is 1. The molecular weight excluding hydrogens is 240 g/mol. The molecular formula is C13H11F2NO2. The normalized spacial score (nSPS) is 10.4. The Balaban J connectivity index is 2.36. The van der Waals surface area contributed by atoms with E-state index in [4.69, 9.17) is 9.84 Å². The summed E-state index contributed by atoms with van der Waals surface area (Å²) < 4.78 is 31.4. The average molecular weight is 251 g/mol. The molecule has 0 radical (unpaired) electrons. The van der Waals surface area contributed by atoms with Crippen LogP contribution in [0.4, 0.5) is 8.78 Å². The van der Waals surface area contributed by atoms with E-state index in [1.54, 1.807) is 13.0 Å². The maximum absolute atomic E-state index is 13.1. The van der Waals surface area contributed by atoms with E-state index in [9.17, 15) is 8.78 Å². The van der Waals surface area contributed by atoms with Crippen molar-refractivity contribution in [2.75, 3.05) is 0 Å². The Hall–Kier alpha value is -2.01. The van der Waals surface area contributed by atoms with E-state index < -0.39 is 18.2 Å². The van der Waals surface area contributed by atoms with Gasteiger partial charge >= 0.3 is 0 Å². The summed E-state index contributed by atoms with van der Waals surface area (Å²) in [4.78, 5) is 3.74. The number of aryl methyl sites for hydroxylation is 1. The second-order valence-corrected chi connectivity index (χ2v) is 3.79. The van der Waals surface area contributed by atoms with Gasteiger partial charge in [-0.15, -0.1) is 0 Å². The molecule has 2 aromatic rings. The number of rotatable bonds is 3.